The van der Waals surface area contributed by atoms with Crippen LogP contribution in [0.3, 0.4) is 0 Å². The summed E-state index contributed by atoms with van der Waals surface area (Å²) in [6.45, 7) is 0. The van der Waals surface area contributed by atoms with Gasteiger partial charge in [-0.25, -0.2) is 0 Å². The average molecular weight is 442 g/mol. The molecule has 0 radical (unpaired) electrons. The van der Waals surface area contributed by atoms with Crippen molar-refractivity contribution >= 4 is 66.7 Å². The molecule has 0 saturated heterocycles. The first-order valence-corrected chi connectivity index (χ1v) is 6.40. The molecule has 0 fully saturated rings. The van der Waals surface area contributed by atoms with Crippen molar-refractivity contribution in [3.8, 4) is 0 Å². The van der Waals surface area contributed by atoms with Gasteiger partial charge in [-0.1, -0.05) is 54.6 Å². The third kappa shape index (κ3) is 8.74. The Morgan fingerprint density at radius 1 is 0.346 bits per heavy atom. The van der Waals surface area contributed by atoms with E-state index in [1.54, 1.807) is 0 Å². The van der Waals surface area contributed by atoms with Gasteiger partial charge in [-0.3, -0.25) is 0 Å². The number of para-hydroxylation sites is 3. The highest BCUT2D eigenvalue weighted by Gasteiger charge is 2.10. The van der Waals surface area contributed by atoms with Crippen molar-refractivity contribution < 1.29 is 0 Å². The Hall–Kier alpha value is -1.50. The standard InChI is InChI=1S/C18H15N.4ClH.3H3N/c1-4-10-16(11-5-1)19(17-12-6-2-7-13-17)18-14-8-3-9-15-18;;;;;;;/h1-15H;4*1H;3*1H3. The number of halogens is 4. The fourth-order valence-corrected chi connectivity index (χ4v) is 2.18. The predicted molar refractivity (Wildman–Crippen MR) is 125 cm³/mol. The molecule has 0 unspecified atom stereocenters. The topological polar surface area (TPSA) is 108 Å². The van der Waals surface area contributed by atoms with Crippen LogP contribution in [0.1, 0.15) is 0 Å². The number of anilines is 3. The van der Waals surface area contributed by atoms with Gasteiger partial charge in [0.25, 0.3) is 0 Å². The molecule has 0 heterocycles. The molecule has 0 spiro atoms. The lowest BCUT2D eigenvalue weighted by Gasteiger charge is -2.25. The zero-order chi connectivity index (χ0) is 12.9. The van der Waals surface area contributed by atoms with E-state index >= 15 is 0 Å². The molecule has 8 heteroatoms. The quantitative estimate of drug-likeness (QED) is 0.395. The number of hydrogen-bond donors (Lipinski definition) is 3. The van der Waals surface area contributed by atoms with Crippen LogP contribution in [0.4, 0.5) is 17.1 Å². The maximum Gasteiger partial charge on any atom is 0.0461 e. The van der Waals surface area contributed by atoms with E-state index in [1.807, 2.05) is 18.2 Å². The monoisotopic (exact) mass is 440 g/mol. The highest BCUT2D eigenvalue weighted by molar-refractivity contribution is 5.86. The molecule has 3 aromatic rings. The van der Waals surface area contributed by atoms with Gasteiger partial charge >= 0.3 is 0 Å². The van der Waals surface area contributed by atoms with Gasteiger partial charge in [0, 0.05) is 17.1 Å². The van der Waals surface area contributed by atoms with Crippen molar-refractivity contribution in [2.75, 3.05) is 4.90 Å². The van der Waals surface area contributed by atoms with Crippen LogP contribution in [0.5, 0.6) is 0 Å². The van der Waals surface area contributed by atoms with Crippen LogP contribution in [-0.2, 0) is 0 Å². The predicted octanol–water partition coefficient (Wildman–Crippen LogP) is 7.33. The molecule has 0 aliphatic rings. The third-order valence-electron chi connectivity index (χ3n) is 3.04. The maximum atomic E-state index is 2.25. The van der Waals surface area contributed by atoms with E-state index in [2.05, 4.69) is 77.7 Å². The molecule has 26 heavy (non-hydrogen) atoms. The summed E-state index contributed by atoms with van der Waals surface area (Å²) in [5.41, 5.74) is 3.50. The van der Waals surface area contributed by atoms with E-state index in [1.165, 1.54) is 17.1 Å². The smallest absolute Gasteiger partial charge is 0.0461 e. The third-order valence-corrected chi connectivity index (χ3v) is 3.04. The van der Waals surface area contributed by atoms with Crippen LogP contribution < -0.4 is 23.4 Å². The van der Waals surface area contributed by atoms with Crippen LogP contribution >= 0.6 is 49.6 Å². The van der Waals surface area contributed by atoms with Crippen molar-refractivity contribution in [3.63, 3.8) is 0 Å². The summed E-state index contributed by atoms with van der Waals surface area (Å²) < 4.78 is 0. The molecule has 0 aromatic heterocycles. The summed E-state index contributed by atoms with van der Waals surface area (Å²) >= 11 is 0. The zero-order valence-corrected chi connectivity index (χ0v) is 17.6. The van der Waals surface area contributed by atoms with Gasteiger partial charge in [0.15, 0.2) is 0 Å². The number of benzene rings is 3. The minimum Gasteiger partial charge on any atom is -0.344 e. The average Bonchev–Trinajstić information content (AvgIpc) is 2.51. The molecule has 0 atom stereocenters. The Morgan fingerprint density at radius 3 is 0.731 bits per heavy atom. The molecule has 0 aliphatic carbocycles. The lowest BCUT2D eigenvalue weighted by atomic mass is 10.2. The first-order chi connectivity index (χ1) is 9.45. The molecule has 3 rings (SSSR count). The molecular formula is C18H28Cl4N4. The Balaban J connectivity index is -0.000000210. The van der Waals surface area contributed by atoms with Gasteiger partial charge in [0.05, 0.1) is 0 Å². The number of hydrogen-bond acceptors (Lipinski definition) is 4. The van der Waals surface area contributed by atoms with E-state index in [0.29, 0.717) is 0 Å². The SMILES string of the molecule is Cl.Cl.Cl.Cl.N.N.N.c1ccc(N(c2ccccc2)c2ccccc2)cc1. The Morgan fingerprint density at radius 2 is 0.538 bits per heavy atom. The van der Waals surface area contributed by atoms with Gasteiger partial charge in [0.2, 0.25) is 0 Å². The lowest BCUT2D eigenvalue weighted by Crippen LogP contribution is -2.09. The summed E-state index contributed by atoms with van der Waals surface area (Å²) in [6, 6.07) is 31.3. The lowest BCUT2D eigenvalue weighted by molar-refractivity contribution is 1.28. The van der Waals surface area contributed by atoms with Crippen molar-refractivity contribution in [1.82, 2.24) is 18.5 Å². The van der Waals surface area contributed by atoms with Crippen molar-refractivity contribution in [1.29, 1.82) is 0 Å². The van der Waals surface area contributed by atoms with Crippen molar-refractivity contribution in [2.24, 2.45) is 0 Å². The van der Waals surface area contributed by atoms with Gasteiger partial charge < -0.3 is 23.4 Å². The highest BCUT2D eigenvalue weighted by atomic mass is 35.5. The van der Waals surface area contributed by atoms with Gasteiger partial charge in [-0.05, 0) is 36.4 Å². The van der Waals surface area contributed by atoms with Crippen LogP contribution in [-0.4, -0.2) is 0 Å². The normalized spacial score (nSPS) is 7.38. The molecule has 4 nitrogen and oxygen atoms in total. The molecule has 0 bridgehead atoms. The summed E-state index contributed by atoms with van der Waals surface area (Å²) in [6.07, 6.45) is 0. The molecule has 0 aliphatic heterocycles. The fourth-order valence-electron chi connectivity index (χ4n) is 2.18. The molecule has 0 amide bonds. The summed E-state index contributed by atoms with van der Waals surface area (Å²) in [5, 5.41) is 0. The van der Waals surface area contributed by atoms with E-state index < -0.39 is 0 Å². The summed E-state index contributed by atoms with van der Waals surface area (Å²) in [4.78, 5) is 2.25. The second kappa shape index (κ2) is 18.3. The van der Waals surface area contributed by atoms with Crippen LogP contribution in [0.25, 0.3) is 0 Å². The highest BCUT2D eigenvalue weighted by Crippen LogP contribution is 2.33. The van der Waals surface area contributed by atoms with Crippen LogP contribution in [0.2, 0.25) is 0 Å². The number of rotatable bonds is 3. The van der Waals surface area contributed by atoms with E-state index in [9.17, 15) is 0 Å². The first-order valence-electron chi connectivity index (χ1n) is 6.40. The molecule has 148 valence electrons. The minimum absolute atomic E-state index is 0. The Bertz CT molecular complexity index is 549. The van der Waals surface area contributed by atoms with Gasteiger partial charge in [-0.15, -0.1) is 49.6 Å². The van der Waals surface area contributed by atoms with Crippen LogP contribution in [0.15, 0.2) is 91.0 Å². The minimum atomic E-state index is 0. The van der Waals surface area contributed by atoms with E-state index in [4.69, 9.17) is 0 Å². The fraction of sp³-hybridized carbons (Fsp3) is 0. The van der Waals surface area contributed by atoms with Crippen molar-refractivity contribution in [2.45, 2.75) is 0 Å². The second-order valence-corrected chi connectivity index (χ2v) is 4.34. The largest absolute Gasteiger partial charge is 0.344 e. The first kappa shape index (κ1) is 35.6. The van der Waals surface area contributed by atoms with Gasteiger partial charge in [0.1, 0.15) is 0 Å². The molecular weight excluding hydrogens is 414 g/mol. The van der Waals surface area contributed by atoms with Gasteiger partial charge in [-0.2, -0.15) is 0 Å². The molecule has 9 N–H and O–H groups in total. The maximum absolute atomic E-state index is 2.25. The molecule has 0 saturated carbocycles. The second-order valence-electron chi connectivity index (χ2n) is 4.34. The molecule has 3 aromatic carbocycles. The van der Waals surface area contributed by atoms with E-state index in [-0.39, 0.29) is 68.1 Å². The van der Waals surface area contributed by atoms with E-state index in [0.717, 1.165) is 0 Å². The Labute approximate surface area is 180 Å². The summed E-state index contributed by atoms with van der Waals surface area (Å²) in [7, 11) is 0. The van der Waals surface area contributed by atoms with Crippen molar-refractivity contribution in [3.05, 3.63) is 91.0 Å². The van der Waals surface area contributed by atoms with Crippen LogP contribution in [0, 0.1) is 0 Å². The Kier molecular flexibility index (Phi) is 25.0. The zero-order valence-electron chi connectivity index (χ0n) is 14.4. The number of nitrogens with zero attached hydrogens (tertiary/aromatic N) is 1. The summed E-state index contributed by atoms with van der Waals surface area (Å²) in [5.74, 6) is 0.